The van der Waals surface area contributed by atoms with E-state index in [1.165, 1.54) is 0 Å². The van der Waals surface area contributed by atoms with Gasteiger partial charge < -0.3 is 16.9 Å². The minimum absolute atomic E-state index is 0. The highest BCUT2D eigenvalue weighted by molar-refractivity contribution is 5.82. The SMILES string of the molecule is NCc1cccc2cccnc12.NCc1cccc2cccnc12.O. The van der Waals surface area contributed by atoms with Gasteiger partial charge in [-0.2, -0.15) is 0 Å². The fourth-order valence-electron chi connectivity index (χ4n) is 2.66. The molecule has 0 aliphatic heterocycles. The first-order valence-electron chi connectivity index (χ1n) is 7.89. The van der Waals surface area contributed by atoms with Gasteiger partial charge in [-0.15, -0.1) is 0 Å². The van der Waals surface area contributed by atoms with Crippen molar-refractivity contribution in [2.24, 2.45) is 11.5 Å². The van der Waals surface area contributed by atoms with E-state index in [2.05, 4.69) is 9.97 Å². The monoisotopic (exact) mass is 334 g/mol. The zero-order chi connectivity index (χ0) is 16.8. The van der Waals surface area contributed by atoms with Crippen LogP contribution in [-0.2, 0) is 13.1 Å². The second-order valence-electron chi connectivity index (χ2n) is 5.39. The van der Waals surface area contributed by atoms with Crippen molar-refractivity contribution in [3.8, 4) is 0 Å². The normalized spacial score (nSPS) is 10.0. The molecule has 0 saturated carbocycles. The molecule has 4 aromatic rings. The summed E-state index contributed by atoms with van der Waals surface area (Å²) in [5.74, 6) is 0. The smallest absolute Gasteiger partial charge is 0.0746 e. The summed E-state index contributed by atoms with van der Waals surface area (Å²) in [6.45, 7) is 1.10. The Morgan fingerprint density at radius 1 is 0.600 bits per heavy atom. The molecule has 0 bridgehead atoms. The molecule has 5 heteroatoms. The number of benzene rings is 2. The quantitative estimate of drug-likeness (QED) is 0.587. The lowest BCUT2D eigenvalue weighted by molar-refractivity contribution is 0.824. The first-order chi connectivity index (χ1) is 11.8. The van der Waals surface area contributed by atoms with Crippen LogP contribution in [0.15, 0.2) is 73.1 Å². The highest BCUT2D eigenvalue weighted by Crippen LogP contribution is 2.15. The summed E-state index contributed by atoms with van der Waals surface area (Å²) in [6.07, 6.45) is 3.59. The van der Waals surface area contributed by atoms with Gasteiger partial charge in [-0.1, -0.05) is 48.5 Å². The van der Waals surface area contributed by atoms with Crippen LogP contribution in [0.2, 0.25) is 0 Å². The van der Waals surface area contributed by atoms with Gasteiger partial charge in [0.2, 0.25) is 0 Å². The molecule has 2 aromatic carbocycles. The molecule has 25 heavy (non-hydrogen) atoms. The second-order valence-corrected chi connectivity index (χ2v) is 5.39. The first-order valence-corrected chi connectivity index (χ1v) is 7.89. The van der Waals surface area contributed by atoms with Gasteiger partial charge in [-0.3, -0.25) is 9.97 Å². The number of fused-ring (bicyclic) bond motifs is 2. The van der Waals surface area contributed by atoms with Crippen LogP contribution in [0, 0.1) is 0 Å². The largest absolute Gasteiger partial charge is 0.412 e. The van der Waals surface area contributed by atoms with Gasteiger partial charge in [0.15, 0.2) is 0 Å². The van der Waals surface area contributed by atoms with E-state index in [1.807, 2.05) is 60.7 Å². The lowest BCUT2D eigenvalue weighted by Gasteiger charge is -2.00. The molecule has 0 radical (unpaired) electrons. The van der Waals surface area contributed by atoms with E-state index in [4.69, 9.17) is 11.5 Å². The highest BCUT2D eigenvalue weighted by atomic mass is 16.0. The molecule has 0 aliphatic carbocycles. The number of aromatic nitrogens is 2. The van der Waals surface area contributed by atoms with Gasteiger partial charge in [-0.05, 0) is 23.3 Å². The Balaban J connectivity index is 0.000000173. The summed E-state index contributed by atoms with van der Waals surface area (Å²) in [5.41, 5.74) is 15.4. The fraction of sp³-hybridized carbons (Fsp3) is 0.100. The molecule has 2 heterocycles. The minimum atomic E-state index is 0. The molecule has 0 atom stereocenters. The molecular formula is C20H22N4O. The third-order valence-electron chi connectivity index (χ3n) is 3.87. The molecule has 0 fully saturated rings. The van der Waals surface area contributed by atoms with E-state index < -0.39 is 0 Å². The molecule has 0 aliphatic rings. The van der Waals surface area contributed by atoms with Gasteiger partial charge in [-0.25, -0.2) is 0 Å². The zero-order valence-corrected chi connectivity index (χ0v) is 13.9. The molecule has 0 spiro atoms. The van der Waals surface area contributed by atoms with Crippen molar-refractivity contribution in [3.63, 3.8) is 0 Å². The van der Waals surface area contributed by atoms with Crippen LogP contribution >= 0.6 is 0 Å². The average molecular weight is 334 g/mol. The number of hydrogen-bond acceptors (Lipinski definition) is 4. The van der Waals surface area contributed by atoms with E-state index in [-0.39, 0.29) is 5.48 Å². The number of para-hydroxylation sites is 2. The predicted octanol–water partition coefficient (Wildman–Crippen LogP) is 2.56. The van der Waals surface area contributed by atoms with E-state index >= 15 is 0 Å². The lowest BCUT2D eigenvalue weighted by atomic mass is 10.1. The number of nitrogens with two attached hydrogens (primary N) is 2. The molecule has 2 aromatic heterocycles. The lowest BCUT2D eigenvalue weighted by Crippen LogP contribution is -1.97. The maximum atomic E-state index is 5.58. The molecule has 128 valence electrons. The van der Waals surface area contributed by atoms with Crippen LogP contribution in [0.1, 0.15) is 11.1 Å². The Hall–Kier alpha value is -2.86. The van der Waals surface area contributed by atoms with E-state index in [0.29, 0.717) is 13.1 Å². The summed E-state index contributed by atoms with van der Waals surface area (Å²) in [5, 5.41) is 2.31. The standard InChI is InChI=1S/2C10H10N2.H2O/c2*11-7-9-4-1-3-8-5-2-6-12-10(8)9;/h2*1-6H,7,11H2;1H2. The van der Waals surface area contributed by atoms with Crippen molar-refractivity contribution in [2.45, 2.75) is 13.1 Å². The third-order valence-corrected chi connectivity index (χ3v) is 3.87. The molecule has 0 unspecified atom stereocenters. The molecular weight excluding hydrogens is 312 g/mol. The zero-order valence-electron chi connectivity index (χ0n) is 13.9. The van der Waals surface area contributed by atoms with Gasteiger partial charge in [0.05, 0.1) is 11.0 Å². The summed E-state index contributed by atoms with van der Waals surface area (Å²) < 4.78 is 0. The van der Waals surface area contributed by atoms with Crippen molar-refractivity contribution < 1.29 is 5.48 Å². The maximum absolute atomic E-state index is 5.58. The fourth-order valence-corrected chi connectivity index (χ4v) is 2.66. The Labute approximate surface area is 146 Å². The molecule has 0 saturated heterocycles. The van der Waals surface area contributed by atoms with Crippen molar-refractivity contribution in [2.75, 3.05) is 0 Å². The number of rotatable bonds is 2. The van der Waals surface area contributed by atoms with Crippen LogP contribution in [-0.4, -0.2) is 15.4 Å². The number of nitrogens with zero attached hydrogens (tertiary/aromatic N) is 2. The Kier molecular flexibility index (Phi) is 6.54. The molecule has 6 N–H and O–H groups in total. The number of hydrogen-bond donors (Lipinski definition) is 2. The Bertz CT molecular complexity index is 866. The summed E-state index contributed by atoms with van der Waals surface area (Å²) in [4.78, 5) is 8.54. The first kappa shape index (κ1) is 18.5. The van der Waals surface area contributed by atoms with Gasteiger partial charge in [0.25, 0.3) is 0 Å². The van der Waals surface area contributed by atoms with Crippen LogP contribution in [0.25, 0.3) is 21.8 Å². The van der Waals surface area contributed by atoms with Crippen LogP contribution < -0.4 is 11.5 Å². The topological polar surface area (TPSA) is 109 Å². The number of pyridine rings is 2. The minimum Gasteiger partial charge on any atom is -0.412 e. The van der Waals surface area contributed by atoms with Gasteiger partial charge >= 0.3 is 0 Å². The van der Waals surface area contributed by atoms with Crippen LogP contribution in [0.5, 0.6) is 0 Å². The summed E-state index contributed by atoms with van der Waals surface area (Å²) >= 11 is 0. The predicted molar refractivity (Wildman–Crippen MR) is 103 cm³/mol. The summed E-state index contributed by atoms with van der Waals surface area (Å²) in [6, 6.07) is 20.1. The maximum Gasteiger partial charge on any atom is 0.0746 e. The molecule has 5 nitrogen and oxygen atoms in total. The van der Waals surface area contributed by atoms with E-state index in [1.54, 1.807) is 12.4 Å². The molecule has 0 amide bonds. The van der Waals surface area contributed by atoms with Crippen molar-refractivity contribution in [1.29, 1.82) is 0 Å². The van der Waals surface area contributed by atoms with E-state index in [0.717, 1.165) is 32.9 Å². The van der Waals surface area contributed by atoms with Crippen molar-refractivity contribution >= 4 is 21.8 Å². The average Bonchev–Trinajstić information content (AvgIpc) is 2.67. The van der Waals surface area contributed by atoms with Crippen molar-refractivity contribution in [1.82, 2.24) is 9.97 Å². The second kappa shape index (κ2) is 8.84. The highest BCUT2D eigenvalue weighted by Gasteiger charge is 1.98. The molecule has 4 rings (SSSR count). The Morgan fingerprint density at radius 2 is 1.00 bits per heavy atom. The third kappa shape index (κ3) is 4.16. The van der Waals surface area contributed by atoms with Gasteiger partial charge in [0.1, 0.15) is 0 Å². The van der Waals surface area contributed by atoms with Gasteiger partial charge in [0, 0.05) is 36.3 Å². The van der Waals surface area contributed by atoms with Crippen LogP contribution in [0.4, 0.5) is 0 Å². The van der Waals surface area contributed by atoms with E-state index in [9.17, 15) is 0 Å². The Morgan fingerprint density at radius 3 is 1.40 bits per heavy atom. The summed E-state index contributed by atoms with van der Waals surface area (Å²) in [7, 11) is 0. The van der Waals surface area contributed by atoms with Crippen LogP contribution in [0.3, 0.4) is 0 Å². The van der Waals surface area contributed by atoms with Crippen molar-refractivity contribution in [3.05, 3.63) is 84.2 Å².